The Labute approximate surface area is 83.7 Å². The Morgan fingerprint density at radius 3 is 2.79 bits per heavy atom. The Balaban J connectivity index is 2.22. The molecule has 0 saturated heterocycles. The standard InChI is InChI=1S/C10H16N4/c11-10-8(5-2-6-13-10)9(14-12)7-3-1-4-7/h2,5-7,9,14H,1,3-4,12H2,(H2,11,13). The fourth-order valence-electron chi connectivity index (χ4n) is 1.95. The number of hydrazine groups is 1. The van der Waals surface area contributed by atoms with Gasteiger partial charge in [-0.2, -0.15) is 0 Å². The molecule has 2 rings (SSSR count). The second-order valence-corrected chi connectivity index (χ2v) is 3.81. The number of hydrogen-bond donors (Lipinski definition) is 3. The van der Waals surface area contributed by atoms with E-state index in [0.717, 1.165) is 5.56 Å². The number of anilines is 1. The Kier molecular flexibility index (Phi) is 2.65. The summed E-state index contributed by atoms with van der Waals surface area (Å²) in [6.45, 7) is 0. The number of pyridine rings is 1. The Morgan fingerprint density at radius 2 is 2.29 bits per heavy atom. The molecular formula is C10H16N4. The lowest BCUT2D eigenvalue weighted by Gasteiger charge is -2.33. The first-order chi connectivity index (χ1) is 6.83. The summed E-state index contributed by atoms with van der Waals surface area (Å²) in [5, 5.41) is 0. The van der Waals surface area contributed by atoms with Crippen molar-refractivity contribution in [1.82, 2.24) is 10.4 Å². The van der Waals surface area contributed by atoms with E-state index in [1.54, 1.807) is 6.20 Å². The van der Waals surface area contributed by atoms with E-state index in [0.29, 0.717) is 11.7 Å². The van der Waals surface area contributed by atoms with Gasteiger partial charge in [-0.05, 0) is 24.8 Å². The molecule has 14 heavy (non-hydrogen) atoms. The molecule has 0 bridgehead atoms. The first kappa shape index (κ1) is 9.43. The van der Waals surface area contributed by atoms with E-state index in [4.69, 9.17) is 11.6 Å². The van der Waals surface area contributed by atoms with Crippen LogP contribution in [0.15, 0.2) is 18.3 Å². The highest BCUT2D eigenvalue weighted by molar-refractivity contribution is 5.41. The van der Waals surface area contributed by atoms with Gasteiger partial charge in [0, 0.05) is 11.8 Å². The maximum atomic E-state index is 5.81. The first-order valence-electron chi connectivity index (χ1n) is 4.99. The van der Waals surface area contributed by atoms with Crippen molar-refractivity contribution in [2.45, 2.75) is 25.3 Å². The second-order valence-electron chi connectivity index (χ2n) is 3.81. The summed E-state index contributed by atoms with van der Waals surface area (Å²) < 4.78 is 0. The first-order valence-corrected chi connectivity index (χ1v) is 4.99. The molecule has 1 unspecified atom stereocenters. The van der Waals surface area contributed by atoms with Crippen molar-refractivity contribution in [2.75, 3.05) is 5.73 Å². The van der Waals surface area contributed by atoms with Crippen molar-refractivity contribution in [3.05, 3.63) is 23.9 Å². The minimum absolute atomic E-state index is 0.164. The van der Waals surface area contributed by atoms with Crippen LogP contribution in [0.3, 0.4) is 0 Å². The molecule has 4 heteroatoms. The van der Waals surface area contributed by atoms with Crippen molar-refractivity contribution >= 4 is 5.82 Å². The summed E-state index contributed by atoms with van der Waals surface area (Å²) in [5.41, 5.74) is 9.68. The predicted octanol–water partition coefficient (Wildman–Crippen LogP) is 0.968. The van der Waals surface area contributed by atoms with Crippen LogP contribution in [0.25, 0.3) is 0 Å². The van der Waals surface area contributed by atoms with E-state index in [2.05, 4.69) is 10.4 Å². The average Bonchev–Trinajstić information content (AvgIpc) is 2.12. The molecule has 1 saturated carbocycles. The molecule has 0 amide bonds. The molecule has 1 aromatic heterocycles. The predicted molar refractivity (Wildman–Crippen MR) is 56.1 cm³/mol. The molecule has 1 aromatic rings. The molecular weight excluding hydrogens is 176 g/mol. The quantitative estimate of drug-likeness (QED) is 0.492. The van der Waals surface area contributed by atoms with E-state index in [1.165, 1.54) is 19.3 Å². The summed E-state index contributed by atoms with van der Waals surface area (Å²) in [6.07, 6.45) is 5.45. The van der Waals surface area contributed by atoms with Crippen molar-refractivity contribution < 1.29 is 0 Å². The molecule has 76 valence electrons. The normalized spacial score (nSPS) is 18.9. The maximum Gasteiger partial charge on any atom is 0.128 e. The summed E-state index contributed by atoms with van der Waals surface area (Å²) in [5.74, 6) is 6.75. The van der Waals surface area contributed by atoms with Crippen molar-refractivity contribution in [2.24, 2.45) is 11.8 Å². The van der Waals surface area contributed by atoms with E-state index in [-0.39, 0.29) is 6.04 Å². The molecule has 0 aliphatic heterocycles. The Hall–Kier alpha value is -1.13. The van der Waals surface area contributed by atoms with Gasteiger partial charge in [0.05, 0.1) is 6.04 Å². The summed E-state index contributed by atoms with van der Waals surface area (Å²) >= 11 is 0. The molecule has 5 N–H and O–H groups in total. The van der Waals surface area contributed by atoms with Gasteiger partial charge in [0.1, 0.15) is 5.82 Å². The van der Waals surface area contributed by atoms with E-state index in [9.17, 15) is 0 Å². The highest BCUT2D eigenvalue weighted by Crippen LogP contribution is 2.38. The summed E-state index contributed by atoms with van der Waals surface area (Å²) in [7, 11) is 0. The topological polar surface area (TPSA) is 77.0 Å². The van der Waals surface area contributed by atoms with E-state index >= 15 is 0 Å². The molecule has 0 aromatic carbocycles. The monoisotopic (exact) mass is 192 g/mol. The van der Waals surface area contributed by atoms with Gasteiger partial charge < -0.3 is 5.73 Å². The van der Waals surface area contributed by atoms with Crippen molar-refractivity contribution in [1.29, 1.82) is 0 Å². The van der Waals surface area contributed by atoms with Crippen molar-refractivity contribution in [3.8, 4) is 0 Å². The van der Waals surface area contributed by atoms with Crippen LogP contribution in [0.5, 0.6) is 0 Å². The fraction of sp³-hybridized carbons (Fsp3) is 0.500. The number of nitrogens with two attached hydrogens (primary N) is 2. The summed E-state index contributed by atoms with van der Waals surface area (Å²) in [4.78, 5) is 4.07. The molecule has 0 spiro atoms. The number of nitrogens with one attached hydrogen (secondary N) is 1. The van der Waals surface area contributed by atoms with Gasteiger partial charge in [-0.1, -0.05) is 12.5 Å². The van der Waals surface area contributed by atoms with Crippen LogP contribution < -0.4 is 17.0 Å². The van der Waals surface area contributed by atoms with Crippen LogP contribution >= 0.6 is 0 Å². The number of aromatic nitrogens is 1. The lowest BCUT2D eigenvalue weighted by molar-refractivity contribution is 0.232. The zero-order valence-electron chi connectivity index (χ0n) is 8.11. The zero-order chi connectivity index (χ0) is 9.97. The molecule has 0 radical (unpaired) electrons. The van der Waals surface area contributed by atoms with Gasteiger partial charge in [-0.25, -0.2) is 4.98 Å². The third-order valence-corrected chi connectivity index (χ3v) is 3.01. The minimum atomic E-state index is 0.164. The average molecular weight is 192 g/mol. The van der Waals surface area contributed by atoms with Gasteiger partial charge in [-0.15, -0.1) is 0 Å². The molecule has 1 aliphatic rings. The number of nitrogens with zero attached hydrogens (tertiary/aromatic N) is 1. The fourth-order valence-corrected chi connectivity index (χ4v) is 1.95. The minimum Gasteiger partial charge on any atom is -0.383 e. The van der Waals surface area contributed by atoms with Crippen LogP contribution in [0.1, 0.15) is 30.9 Å². The SMILES string of the molecule is NNC(c1cccnc1N)C1CCC1. The molecule has 4 nitrogen and oxygen atoms in total. The molecule has 1 aliphatic carbocycles. The maximum absolute atomic E-state index is 5.81. The zero-order valence-corrected chi connectivity index (χ0v) is 8.11. The summed E-state index contributed by atoms with van der Waals surface area (Å²) in [6, 6.07) is 4.05. The second kappa shape index (κ2) is 3.94. The molecule has 1 fully saturated rings. The van der Waals surface area contributed by atoms with Gasteiger partial charge >= 0.3 is 0 Å². The largest absolute Gasteiger partial charge is 0.383 e. The third kappa shape index (κ3) is 1.58. The van der Waals surface area contributed by atoms with Gasteiger partial charge in [0.15, 0.2) is 0 Å². The van der Waals surface area contributed by atoms with Gasteiger partial charge in [0.25, 0.3) is 0 Å². The Morgan fingerprint density at radius 1 is 1.50 bits per heavy atom. The van der Waals surface area contributed by atoms with E-state index < -0.39 is 0 Å². The highest BCUT2D eigenvalue weighted by atomic mass is 15.2. The molecule has 1 heterocycles. The lowest BCUT2D eigenvalue weighted by atomic mass is 9.77. The van der Waals surface area contributed by atoms with Crippen LogP contribution in [-0.2, 0) is 0 Å². The number of hydrogen-bond acceptors (Lipinski definition) is 4. The lowest BCUT2D eigenvalue weighted by Crippen LogP contribution is -2.36. The van der Waals surface area contributed by atoms with Crippen LogP contribution in [0.4, 0.5) is 5.82 Å². The van der Waals surface area contributed by atoms with Crippen LogP contribution in [0.2, 0.25) is 0 Å². The smallest absolute Gasteiger partial charge is 0.128 e. The van der Waals surface area contributed by atoms with Crippen LogP contribution in [-0.4, -0.2) is 4.98 Å². The molecule has 1 atom stereocenters. The van der Waals surface area contributed by atoms with Crippen LogP contribution in [0, 0.1) is 5.92 Å². The van der Waals surface area contributed by atoms with Crippen molar-refractivity contribution in [3.63, 3.8) is 0 Å². The van der Waals surface area contributed by atoms with Gasteiger partial charge in [-0.3, -0.25) is 11.3 Å². The van der Waals surface area contributed by atoms with E-state index in [1.807, 2.05) is 12.1 Å². The Bertz CT molecular complexity index is 309. The third-order valence-electron chi connectivity index (χ3n) is 3.01. The number of nitrogen functional groups attached to an aromatic ring is 1. The number of rotatable bonds is 3. The highest BCUT2D eigenvalue weighted by Gasteiger charge is 2.28. The van der Waals surface area contributed by atoms with Gasteiger partial charge in [0.2, 0.25) is 0 Å².